The molecular formula is C18H30N2O4. The van der Waals surface area contributed by atoms with E-state index in [4.69, 9.17) is 21.7 Å². The van der Waals surface area contributed by atoms with Crippen LogP contribution in [0.25, 0.3) is 0 Å². The first-order valence-electron chi connectivity index (χ1n) is 8.70. The summed E-state index contributed by atoms with van der Waals surface area (Å²) in [6, 6.07) is -0.347. The zero-order valence-electron chi connectivity index (χ0n) is 14.1. The first-order chi connectivity index (χ1) is 11.4. The summed E-state index contributed by atoms with van der Waals surface area (Å²) in [5.41, 5.74) is 11.5. The zero-order valence-corrected chi connectivity index (χ0v) is 14.1. The first-order valence-corrected chi connectivity index (χ1v) is 8.70. The molecule has 136 valence electrons. The standard InChI is InChI=1S/2C9H15NO2/c2*10-8-6-4-2-1-3-5-7(8)9(11)12/h2*1-2,7-8H,3-6,10H2,(H,11,12)/b2*2-1-/t2*7-,8+/m10/s1. The first kappa shape index (κ1) is 20.4. The maximum Gasteiger partial charge on any atom is 0.308 e. The Morgan fingerprint density at radius 3 is 1.25 bits per heavy atom. The van der Waals surface area contributed by atoms with E-state index in [1.807, 2.05) is 12.2 Å². The summed E-state index contributed by atoms with van der Waals surface area (Å²) in [6.45, 7) is 0. The molecule has 0 fully saturated rings. The number of carboxylic acids is 2. The second-order valence-electron chi connectivity index (χ2n) is 6.47. The van der Waals surface area contributed by atoms with Crippen LogP contribution in [-0.4, -0.2) is 34.2 Å². The van der Waals surface area contributed by atoms with Crippen molar-refractivity contribution in [1.82, 2.24) is 0 Å². The monoisotopic (exact) mass is 338 g/mol. The molecule has 0 radical (unpaired) electrons. The topological polar surface area (TPSA) is 127 Å². The van der Waals surface area contributed by atoms with Gasteiger partial charge in [-0.3, -0.25) is 9.59 Å². The number of allylic oxidation sites excluding steroid dienone is 4. The SMILES string of the molecule is N[C@@H]1CC/C=C\CC[C@@H]1C(=O)O.N[C@H]1CC/C=C\CC[C@H]1C(=O)O. The molecule has 0 amide bonds. The van der Waals surface area contributed by atoms with Crippen molar-refractivity contribution in [2.24, 2.45) is 23.3 Å². The predicted octanol–water partition coefficient (Wildman–Crippen LogP) is 2.29. The van der Waals surface area contributed by atoms with Gasteiger partial charge in [0.25, 0.3) is 0 Å². The highest BCUT2D eigenvalue weighted by molar-refractivity contribution is 5.71. The Kier molecular flexibility index (Phi) is 9.34. The van der Waals surface area contributed by atoms with E-state index in [1.165, 1.54) is 0 Å². The van der Waals surface area contributed by atoms with Crippen LogP contribution >= 0.6 is 0 Å². The van der Waals surface area contributed by atoms with E-state index < -0.39 is 11.9 Å². The Hall–Kier alpha value is -1.66. The fourth-order valence-electron chi connectivity index (χ4n) is 3.04. The zero-order chi connectivity index (χ0) is 17.9. The van der Waals surface area contributed by atoms with Gasteiger partial charge in [-0.05, 0) is 51.4 Å². The average Bonchev–Trinajstić information content (AvgIpc) is 2.47. The quantitative estimate of drug-likeness (QED) is 0.572. The fourth-order valence-corrected chi connectivity index (χ4v) is 3.04. The molecular weight excluding hydrogens is 308 g/mol. The molecule has 2 rings (SSSR count). The number of carbonyl (C=O) groups is 2. The third kappa shape index (κ3) is 7.27. The summed E-state index contributed by atoms with van der Waals surface area (Å²) in [4.78, 5) is 21.5. The normalized spacial score (nSPS) is 33.4. The summed E-state index contributed by atoms with van der Waals surface area (Å²) >= 11 is 0. The Labute approximate surface area is 143 Å². The molecule has 2 aliphatic carbocycles. The molecule has 24 heavy (non-hydrogen) atoms. The highest BCUT2D eigenvalue weighted by Gasteiger charge is 2.25. The summed E-state index contributed by atoms with van der Waals surface area (Å²) < 4.78 is 0. The lowest BCUT2D eigenvalue weighted by atomic mass is 9.90. The fraction of sp³-hybridized carbons (Fsp3) is 0.667. The van der Waals surface area contributed by atoms with E-state index >= 15 is 0 Å². The van der Waals surface area contributed by atoms with Gasteiger partial charge in [0, 0.05) is 12.1 Å². The van der Waals surface area contributed by atoms with Gasteiger partial charge in [0.15, 0.2) is 0 Å². The Morgan fingerprint density at radius 1 is 0.667 bits per heavy atom. The van der Waals surface area contributed by atoms with E-state index in [0.717, 1.165) is 38.5 Å². The molecule has 6 heteroatoms. The van der Waals surface area contributed by atoms with Gasteiger partial charge < -0.3 is 21.7 Å². The van der Waals surface area contributed by atoms with Crippen molar-refractivity contribution < 1.29 is 19.8 Å². The molecule has 0 bridgehead atoms. The summed E-state index contributed by atoms with van der Waals surface area (Å²) in [6.07, 6.45) is 14.7. The number of hydrogen-bond donors (Lipinski definition) is 4. The molecule has 0 saturated heterocycles. The van der Waals surface area contributed by atoms with E-state index in [9.17, 15) is 9.59 Å². The maximum atomic E-state index is 10.7. The Bertz CT molecular complexity index is 420. The Morgan fingerprint density at radius 2 is 0.958 bits per heavy atom. The van der Waals surface area contributed by atoms with Gasteiger partial charge in [-0.25, -0.2) is 0 Å². The van der Waals surface area contributed by atoms with Crippen LogP contribution < -0.4 is 11.5 Å². The molecule has 0 heterocycles. The van der Waals surface area contributed by atoms with Crippen LogP contribution in [0.1, 0.15) is 51.4 Å². The molecule has 0 aromatic carbocycles. The van der Waals surface area contributed by atoms with Crippen molar-refractivity contribution in [1.29, 1.82) is 0 Å². The maximum absolute atomic E-state index is 10.7. The molecule has 6 nitrogen and oxygen atoms in total. The summed E-state index contributed by atoms with van der Waals surface area (Å²) in [7, 11) is 0. The van der Waals surface area contributed by atoms with Crippen molar-refractivity contribution in [2.45, 2.75) is 63.5 Å². The van der Waals surface area contributed by atoms with Gasteiger partial charge in [0.2, 0.25) is 0 Å². The molecule has 0 aliphatic heterocycles. The number of rotatable bonds is 2. The lowest BCUT2D eigenvalue weighted by Gasteiger charge is -2.20. The van der Waals surface area contributed by atoms with Gasteiger partial charge in [-0.1, -0.05) is 24.3 Å². The predicted molar refractivity (Wildman–Crippen MR) is 93.4 cm³/mol. The second-order valence-corrected chi connectivity index (χ2v) is 6.47. The van der Waals surface area contributed by atoms with E-state index in [0.29, 0.717) is 12.8 Å². The van der Waals surface area contributed by atoms with Crippen LogP contribution in [0.5, 0.6) is 0 Å². The molecule has 6 N–H and O–H groups in total. The molecule has 0 aromatic heterocycles. The van der Waals surface area contributed by atoms with E-state index in [2.05, 4.69) is 12.2 Å². The molecule has 0 unspecified atom stereocenters. The third-order valence-corrected chi connectivity index (χ3v) is 4.62. The summed E-state index contributed by atoms with van der Waals surface area (Å²) in [5.74, 6) is -2.21. The van der Waals surface area contributed by atoms with Gasteiger partial charge in [0.1, 0.15) is 0 Å². The van der Waals surface area contributed by atoms with Gasteiger partial charge >= 0.3 is 11.9 Å². The number of nitrogens with two attached hydrogens (primary N) is 2. The molecule has 4 atom stereocenters. The van der Waals surface area contributed by atoms with Crippen LogP contribution in [0.2, 0.25) is 0 Å². The van der Waals surface area contributed by atoms with Gasteiger partial charge in [0.05, 0.1) is 11.8 Å². The second kappa shape index (κ2) is 11.0. The van der Waals surface area contributed by atoms with Crippen LogP contribution in [0.4, 0.5) is 0 Å². The minimum absolute atomic E-state index is 0.174. The van der Waals surface area contributed by atoms with Crippen molar-refractivity contribution in [3.05, 3.63) is 24.3 Å². The number of hydrogen-bond acceptors (Lipinski definition) is 4. The van der Waals surface area contributed by atoms with E-state index in [1.54, 1.807) is 0 Å². The minimum Gasteiger partial charge on any atom is -0.481 e. The van der Waals surface area contributed by atoms with Crippen LogP contribution in [0.3, 0.4) is 0 Å². The van der Waals surface area contributed by atoms with Crippen molar-refractivity contribution in [3.8, 4) is 0 Å². The van der Waals surface area contributed by atoms with Crippen molar-refractivity contribution >= 4 is 11.9 Å². The lowest BCUT2D eigenvalue weighted by Crippen LogP contribution is -2.35. The van der Waals surface area contributed by atoms with Crippen molar-refractivity contribution in [3.63, 3.8) is 0 Å². The van der Waals surface area contributed by atoms with Crippen LogP contribution in [-0.2, 0) is 9.59 Å². The third-order valence-electron chi connectivity index (χ3n) is 4.62. The van der Waals surface area contributed by atoms with Crippen LogP contribution in [0.15, 0.2) is 24.3 Å². The highest BCUT2D eigenvalue weighted by atomic mass is 16.4. The lowest BCUT2D eigenvalue weighted by molar-refractivity contribution is -0.143. The Balaban J connectivity index is 0.000000240. The number of carboxylic acid groups (broad SMARTS) is 2. The molecule has 0 saturated carbocycles. The summed E-state index contributed by atoms with van der Waals surface area (Å²) in [5, 5.41) is 17.6. The van der Waals surface area contributed by atoms with E-state index in [-0.39, 0.29) is 23.9 Å². The average molecular weight is 338 g/mol. The van der Waals surface area contributed by atoms with Crippen LogP contribution in [0, 0.1) is 11.8 Å². The largest absolute Gasteiger partial charge is 0.481 e. The highest BCUT2D eigenvalue weighted by Crippen LogP contribution is 2.18. The molecule has 2 aliphatic rings. The number of aliphatic carboxylic acids is 2. The minimum atomic E-state index is -0.752. The van der Waals surface area contributed by atoms with Gasteiger partial charge in [-0.15, -0.1) is 0 Å². The smallest absolute Gasteiger partial charge is 0.308 e. The molecule has 0 aromatic rings. The molecule has 0 spiro atoms. The van der Waals surface area contributed by atoms with Gasteiger partial charge in [-0.2, -0.15) is 0 Å². The van der Waals surface area contributed by atoms with Crippen molar-refractivity contribution in [2.75, 3.05) is 0 Å².